The lowest BCUT2D eigenvalue weighted by Gasteiger charge is -2.13. The van der Waals surface area contributed by atoms with Gasteiger partial charge in [-0.1, -0.05) is 13.3 Å². The monoisotopic (exact) mass is 362 g/mol. The second-order valence-electron chi connectivity index (χ2n) is 5.46. The number of allylic oxidation sites excluding steroid dienone is 1. The molecule has 142 valence electrons. The number of ether oxygens (including phenoxy) is 3. The minimum absolute atomic E-state index is 0.0967. The van der Waals surface area contributed by atoms with Crippen LogP contribution in [-0.4, -0.2) is 38.0 Å². The number of unbranched alkanes of at least 4 members (excludes halogenated alkanes) is 1. The Hall–Kier alpha value is -2.63. The van der Waals surface area contributed by atoms with Crippen molar-refractivity contribution >= 4 is 17.7 Å². The number of ketones is 1. The smallest absolute Gasteiger partial charge is 0.345 e. The Morgan fingerprint density at radius 2 is 1.42 bits per heavy atom. The van der Waals surface area contributed by atoms with Gasteiger partial charge in [0, 0.05) is 11.1 Å². The summed E-state index contributed by atoms with van der Waals surface area (Å²) in [4.78, 5) is 37.7. The van der Waals surface area contributed by atoms with Crippen LogP contribution >= 0.6 is 0 Å². The summed E-state index contributed by atoms with van der Waals surface area (Å²) >= 11 is 0. The van der Waals surface area contributed by atoms with Crippen molar-refractivity contribution in [1.29, 1.82) is 0 Å². The lowest BCUT2D eigenvalue weighted by molar-refractivity contribution is -0.146. The van der Waals surface area contributed by atoms with Crippen LogP contribution in [0.25, 0.3) is 0 Å². The first-order valence-electron chi connectivity index (χ1n) is 8.76. The first kappa shape index (κ1) is 21.4. The molecular formula is C20H26O6. The molecule has 6 heteroatoms. The van der Waals surface area contributed by atoms with E-state index in [1.165, 1.54) is 7.11 Å². The minimum Gasteiger partial charge on any atom is -0.497 e. The molecule has 0 atom stereocenters. The standard InChI is InChI=1S/C20H26O6/c1-5-8-9-16(17(19(22)25-6-2)20(23)26-7-3)18(21)14-10-12-15(24-4)13-11-14/h10-13H,5-9H2,1-4H3. The highest BCUT2D eigenvalue weighted by atomic mass is 16.6. The van der Waals surface area contributed by atoms with E-state index in [4.69, 9.17) is 14.2 Å². The maximum atomic E-state index is 13.0. The summed E-state index contributed by atoms with van der Waals surface area (Å²) in [5, 5.41) is 0. The van der Waals surface area contributed by atoms with Crippen LogP contribution in [-0.2, 0) is 19.1 Å². The number of benzene rings is 1. The number of carbonyl (C=O) groups excluding carboxylic acids is 3. The molecule has 0 aliphatic carbocycles. The number of rotatable bonds is 10. The van der Waals surface area contributed by atoms with E-state index in [2.05, 4.69) is 0 Å². The lowest BCUT2D eigenvalue weighted by atomic mass is 9.94. The summed E-state index contributed by atoms with van der Waals surface area (Å²) in [5.74, 6) is -1.45. The van der Waals surface area contributed by atoms with Gasteiger partial charge in [-0.2, -0.15) is 0 Å². The van der Waals surface area contributed by atoms with Gasteiger partial charge in [0.15, 0.2) is 11.4 Å². The van der Waals surface area contributed by atoms with Crippen molar-refractivity contribution in [2.24, 2.45) is 0 Å². The normalized spacial score (nSPS) is 10.0. The highest BCUT2D eigenvalue weighted by molar-refractivity contribution is 6.23. The first-order chi connectivity index (χ1) is 12.5. The quantitative estimate of drug-likeness (QED) is 0.208. The van der Waals surface area contributed by atoms with E-state index in [0.717, 1.165) is 6.42 Å². The van der Waals surface area contributed by atoms with Crippen molar-refractivity contribution < 1.29 is 28.6 Å². The number of Topliss-reactive ketones (excluding diaryl/α,β-unsaturated/α-hetero) is 1. The Labute approximate surface area is 154 Å². The Kier molecular flexibility index (Phi) is 9.12. The first-order valence-corrected chi connectivity index (χ1v) is 8.76. The summed E-state index contributed by atoms with van der Waals surface area (Å²) in [5.41, 5.74) is 0.167. The van der Waals surface area contributed by atoms with Crippen molar-refractivity contribution in [3.05, 3.63) is 41.0 Å². The summed E-state index contributed by atoms with van der Waals surface area (Å²) in [6, 6.07) is 6.50. The largest absolute Gasteiger partial charge is 0.497 e. The average Bonchev–Trinajstić information content (AvgIpc) is 2.64. The van der Waals surface area contributed by atoms with Crippen LogP contribution in [0, 0.1) is 0 Å². The Bertz CT molecular complexity index is 637. The van der Waals surface area contributed by atoms with Crippen LogP contribution in [0.4, 0.5) is 0 Å². The lowest BCUT2D eigenvalue weighted by Crippen LogP contribution is -2.23. The van der Waals surface area contributed by atoms with Gasteiger partial charge < -0.3 is 14.2 Å². The summed E-state index contributed by atoms with van der Waals surface area (Å²) < 4.78 is 15.1. The fourth-order valence-corrected chi connectivity index (χ4v) is 2.36. The Balaban J connectivity index is 3.41. The van der Waals surface area contributed by atoms with Crippen molar-refractivity contribution in [3.63, 3.8) is 0 Å². The van der Waals surface area contributed by atoms with Crippen LogP contribution in [0.5, 0.6) is 5.75 Å². The third kappa shape index (κ3) is 5.72. The summed E-state index contributed by atoms with van der Waals surface area (Å²) in [6.07, 6.45) is 1.74. The molecule has 0 unspecified atom stereocenters. The van der Waals surface area contributed by atoms with E-state index in [1.807, 2.05) is 6.92 Å². The predicted octanol–water partition coefficient (Wildman–Crippen LogP) is 3.49. The number of hydrogen-bond acceptors (Lipinski definition) is 6. The van der Waals surface area contributed by atoms with Gasteiger partial charge in [0.25, 0.3) is 0 Å². The number of hydrogen-bond donors (Lipinski definition) is 0. The number of esters is 2. The molecule has 0 radical (unpaired) electrons. The van der Waals surface area contributed by atoms with Crippen LogP contribution in [0.3, 0.4) is 0 Å². The van der Waals surface area contributed by atoms with E-state index in [-0.39, 0.29) is 30.8 Å². The second-order valence-corrected chi connectivity index (χ2v) is 5.46. The van der Waals surface area contributed by atoms with E-state index in [0.29, 0.717) is 17.7 Å². The van der Waals surface area contributed by atoms with Gasteiger partial charge in [0.2, 0.25) is 0 Å². The molecule has 1 rings (SSSR count). The van der Waals surface area contributed by atoms with Crippen LogP contribution in [0.2, 0.25) is 0 Å². The van der Waals surface area contributed by atoms with Gasteiger partial charge in [-0.15, -0.1) is 0 Å². The maximum absolute atomic E-state index is 13.0. The average molecular weight is 362 g/mol. The van der Waals surface area contributed by atoms with E-state index in [1.54, 1.807) is 38.1 Å². The highest BCUT2D eigenvalue weighted by Gasteiger charge is 2.29. The highest BCUT2D eigenvalue weighted by Crippen LogP contribution is 2.22. The fourth-order valence-electron chi connectivity index (χ4n) is 2.36. The van der Waals surface area contributed by atoms with Gasteiger partial charge in [0.05, 0.1) is 20.3 Å². The Morgan fingerprint density at radius 1 is 0.885 bits per heavy atom. The molecule has 26 heavy (non-hydrogen) atoms. The fraction of sp³-hybridized carbons (Fsp3) is 0.450. The maximum Gasteiger partial charge on any atom is 0.345 e. The van der Waals surface area contributed by atoms with Gasteiger partial charge in [-0.3, -0.25) is 4.79 Å². The molecule has 0 aliphatic heterocycles. The van der Waals surface area contributed by atoms with Crippen molar-refractivity contribution in [2.75, 3.05) is 20.3 Å². The van der Waals surface area contributed by atoms with E-state index < -0.39 is 17.7 Å². The number of carbonyl (C=O) groups is 3. The Morgan fingerprint density at radius 3 is 1.85 bits per heavy atom. The van der Waals surface area contributed by atoms with Crippen LogP contribution < -0.4 is 4.74 Å². The molecule has 0 aromatic heterocycles. The minimum atomic E-state index is -0.834. The zero-order valence-corrected chi connectivity index (χ0v) is 15.8. The second kappa shape index (κ2) is 11.1. The zero-order valence-electron chi connectivity index (χ0n) is 15.8. The topological polar surface area (TPSA) is 78.9 Å². The van der Waals surface area contributed by atoms with Gasteiger partial charge >= 0.3 is 11.9 Å². The molecule has 0 saturated carbocycles. The van der Waals surface area contributed by atoms with Gasteiger partial charge in [-0.25, -0.2) is 9.59 Å². The third-order valence-electron chi connectivity index (χ3n) is 3.67. The van der Waals surface area contributed by atoms with Crippen LogP contribution in [0.15, 0.2) is 35.4 Å². The third-order valence-corrected chi connectivity index (χ3v) is 3.67. The molecule has 6 nitrogen and oxygen atoms in total. The molecule has 1 aromatic rings. The molecule has 1 aromatic carbocycles. The molecule has 0 fully saturated rings. The molecule has 0 heterocycles. The van der Waals surface area contributed by atoms with Crippen molar-refractivity contribution in [1.82, 2.24) is 0 Å². The molecule has 0 bridgehead atoms. The predicted molar refractivity (Wildman–Crippen MR) is 97.1 cm³/mol. The number of methoxy groups -OCH3 is 1. The SMILES string of the molecule is CCCCC(C(=O)c1ccc(OC)cc1)=C(C(=O)OCC)C(=O)OCC. The molecular weight excluding hydrogens is 336 g/mol. The molecule has 0 N–H and O–H groups in total. The van der Waals surface area contributed by atoms with Gasteiger partial charge in [0.1, 0.15) is 5.75 Å². The molecule has 0 saturated heterocycles. The summed E-state index contributed by atoms with van der Waals surface area (Å²) in [7, 11) is 1.53. The van der Waals surface area contributed by atoms with E-state index in [9.17, 15) is 14.4 Å². The van der Waals surface area contributed by atoms with Crippen molar-refractivity contribution in [3.8, 4) is 5.75 Å². The van der Waals surface area contributed by atoms with Crippen LogP contribution in [0.1, 0.15) is 50.4 Å². The zero-order chi connectivity index (χ0) is 19.5. The van der Waals surface area contributed by atoms with Gasteiger partial charge in [-0.05, 0) is 51.0 Å². The summed E-state index contributed by atoms with van der Waals surface area (Å²) in [6.45, 7) is 5.43. The molecule has 0 amide bonds. The van der Waals surface area contributed by atoms with E-state index >= 15 is 0 Å². The van der Waals surface area contributed by atoms with Crippen molar-refractivity contribution in [2.45, 2.75) is 40.0 Å². The molecule has 0 aliphatic rings. The molecule has 0 spiro atoms.